The van der Waals surface area contributed by atoms with Crippen LogP contribution in [0, 0.1) is 11.8 Å². The van der Waals surface area contributed by atoms with Crippen LogP contribution in [-0.2, 0) is 0 Å². The molecule has 0 radical (unpaired) electrons. The fourth-order valence-corrected chi connectivity index (χ4v) is 5.11. The van der Waals surface area contributed by atoms with E-state index in [0.717, 1.165) is 18.4 Å². The van der Waals surface area contributed by atoms with Crippen LogP contribution in [0.5, 0.6) is 0 Å². The van der Waals surface area contributed by atoms with Gasteiger partial charge in [0.25, 0.3) is 0 Å². The molecular weight excluding hydrogens is 374 g/mol. The fraction of sp³-hybridized carbons (Fsp3) is 0.714. The zero-order chi connectivity index (χ0) is 13.1. The largest absolute Gasteiger partial charge is 0.309 e. The van der Waals surface area contributed by atoms with Crippen molar-refractivity contribution in [2.24, 2.45) is 11.8 Å². The molecule has 0 aliphatic heterocycles. The quantitative estimate of drug-likeness (QED) is 0.685. The van der Waals surface area contributed by atoms with E-state index >= 15 is 0 Å². The molecule has 102 valence electrons. The molecule has 1 saturated carbocycles. The Morgan fingerprint density at radius 1 is 1.33 bits per heavy atom. The summed E-state index contributed by atoms with van der Waals surface area (Å²) < 4.78 is 2.40. The lowest BCUT2D eigenvalue weighted by Crippen LogP contribution is -2.30. The lowest BCUT2D eigenvalue weighted by atomic mass is 9.79. The van der Waals surface area contributed by atoms with Crippen LogP contribution in [-0.4, -0.2) is 6.54 Å². The van der Waals surface area contributed by atoms with Crippen molar-refractivity contribution in [3.05, 3.63) is 19.2 Å². The fourth-order valence-electron chi connectivity index (χ4n) is 2.86. The Hall–Kier alpha value is 0.620. The first-order valence-electron chi connectivity index (χ1n) is 6.80. The summed E-state index contributed by atoms with van der Waals surface area (Å²) in [5.74, 6) is 1.73. The van der Waals surface area contributed by atoms with Crippen molar-refractivity contribution in [1.29, 1.82) is 0 Å². The second-order valence-corrected chi connectivity index (χ2v) is 8.58. The van der Waals surface area contributed by atoms with Crippen molar-refractivity contribution in [3.8, 4) is 0 Å². The number of hydrogen-bond donors (Lipinski definition) is 1. The molecule has 18 heavy (non-hydrogen) atoms. The number of nitrogens with one attached hydrogen (secondary N) is 1. The van der Waals surface area contributed by atoms with Gasteiger partial charge in [-0.15, -0.1) is 11.3 Å². The second kappa shape index (κ2) is 6.87. The molecule has 1 aromatic heterocycles. The van der Waals surface area contributed by atoms with Gasteiger partial charge in [0.05, 0.1) is 3.79 Å². The lowest BCUT2D eigenvalue weighted by molar-refractivity contribution is 0.235. The highest BCUT2D eigenvalue weighted by Crippen LogP contribution is 2.42. The third kappa shape index (κ3) is 3.59. The van der Waals surface area contributed by atoms with E-state index < -0.39 is 0 Å². The molecule has 2 rings (SSSR count). The standard InChI is InChI=1S/C14H21Br2NS/c1-3-17-13(10-6-4-9(2)5-7-10)12-8-11(15)14(16)18-12/h8-10,13,17H,3-7H2,1-2H3. The van der Waals surface area contributed by atoms with E-state index in [-0.39, 0.29) is 0 Å². The van der Waals surface area contributed by atoms with Gasteiger partial charge in [0.15, 0.2) is 0 Å². The highest BCUT2D eigenvalue weighted by atomic mass is 79.9. The molecule has 1 aliphatic rings. The van der Waals surface area contributed by atoms with Gasteiger partial charge in [0.2, 0.25) is 0 Å². The van der Waals surface area contributed by atoms with Crippen LogP contribution in [0.4, 0.5) is 0 Å². The van der Waals surface area contributed by atoms with Gasteiger partial charge < -0.3 is 5.32 Å². The molecule has 1 heterocycles. The van der Waals surface area contributed by atoms with E-state index in [0.29, 0.717) is 6.04 Å². The molecule has 0 amide bonds. The first-order valence-corrected chi connectivity index (χ1v) is 9.20. The normalized spacial score (nSPS) is 26.2. The van der Waals surface area contributed by atoms with Crippen molar-refractivity contribution < 1.29 is 0 Å². The van der Waals surface area contributed by atoms with E-state index in [1.807, 2.05) is 11.3 Å². The summed E-state index contributed by atoms with van der Waals surface area (Å²) >= 11 is 9.08. The van der Waals surface area contributed by atoms with Gasteiger partial charge in [-0.3, -0.25) is 0 Å². The van der Waals surface area contributed by atoms with E-state index in [4.69, 9.17) is 0 Å². The molecule has 1 atom stereocenters. The lowest BCUT2D eigenvalue weighted by Gasteiger charge is -2.32. The Labute approximate surface area is 131 Å². The predicted octanol–water partition coefficient (Wildman–Crippen LogP) is 5.75. The summed E-state index contributed by atoms with van der Waals surface area (Å²) in [5, 5.41) is 3.69. The summed E-state index contributed by atoms with van der Waals surface area (Å²) in [7, 11) is 0. The van der Waals surface area contributed by atoms with Gasteiger partial charge in [0.1, 0.15) is 0 Å². The minimum atomic E-state index is 0.537. The first-order chi connectivity index (χ1) is 8.61. The van der Waals surface area contributed by atoms with Gasteiger partial charge >= 0.3 is 0 Å². The van der Waals surface area contributed by atoms with Crippen LogP contribution in [0.1, 0.15) is 50.4 Å². The van der Waals surface area contributed by atoms with Gasteiger partial charge in [-0.1, -0.05) is 26.7 Å². The third-order valence-corrected chi connectivity index (χ3v) is 7.27. The Morgan fingerprint density at radius 2 is 2.00 bits per heavy atom. The van der Waals surface area contributed by atoms with E-state index in [9.17, 15) is 0 Å². The molecule has 0 spiro atoms. The van der Waals surface area contributed by atoms with Gasteiger partial charge in [-0.2, -0.15) is 0 Å². The smallest absolute Gasteiger partial charge is 0.0843 e. The topological polar surface area (TPSA) is 12.0 Å². The molecule has 0 aromatic carbocycles. The van der Waals surface area contributed by atoms with Crippen LogP contribution in [0.25, 0.3) is 0 Å². The van der Waals surface area contributed by atoms with Crippen molar-refractivity contribution in [1.82, 2.24) is 5.32 Å². The number of thiophene rings is 1. The Balaban J connectivity index is 2.12. The number of halogens is 2. The summed E-state index contributed by atoms with van der Waals surface area (Å²) in [6.45, 7) is 5.64. The maximum Gasteiger partial charge on any atom is 0.0843 e. The highest BCUT2D eigenvalue weighted by molar-refractivity contribution is 9.13. The van der Waals surface area contributed by atoms with Crippen LogP contribution in [0.3, 0.4) is 0 Å². The van der Waals surface area contributed by atoms with E-state index in [1.54, 1.807) is 0 Å². The molecule has 0 bridgehead atoms. The summed E-state index contributed by atoms with van der Waals surface area (Å²) in [6, 6.07) is 2.82. The average molecular weight is 395 g/mol. The molecule has 1 unspecified atom stereocenters. The Kier molecular flexibility index (Phi) is 5.73. The Bertz CT molecular complexity index is 364. The molecule has 0 saturated heterocycles. The van der Waals surface area contributed by atoms with Crippen molar-refractivity contribution >= 4 is 43.2 Å². The molecule has 1 nitrogen and oxygen atoms in total. The third-order valence-electron chi connectivity index (χ3n) is 3.93. The number of hydrogen-bond acceptors (Lipinski definition) is 2. The summed E-state index contributed by atoms with van der Waals surface area (Å²) in [6.07, 6.45) is 5.51. The van der Waals surface area contributed by atoms with E-state index in [2.05, 4.69) is 57.1 Å². The minimum Gasteiger partial charge on any atom is -0.309 e. The predicted molar refractivity (Wildman–Crippen MR) is 87.3 cm³/mol. The SMILES string of the molecule is CCNC(c1cc(Br)c(Br)s1)C1CCC(C)CC1. The van der Waals surface area contributed by atoms with Crippen LogP contribution in [0.15, 0.2) is 14.3 Å². The maximum absolute atomic E-state index is 3.69. The average Bonchev–Trinajstić information content (AvgIpc) is 2.68. The van der Waals surface area contributed by atoms with Crippen molar-refractivity contribution in [2.75, 3.05) is 6.54 Å². The van der Waals surface area contributed by atoms with Gasteiger partial charge in [0, 0.05) is 15.4 Å². The van der Waals surface area contributed by atoms with Gasteiger partial charge in [-0.05, 0) is 69.1 Å². The summed E-state index contributed by atoms with van der Waals surface area (Å²) in [5.41, 5.74) is 0. The molecular formula is C14H21Br2NS. The molecule has 1 fully saturated rings. The molecule has 1 aliphatic carbocycles. The highest BCUT2D eigenvalue weighted by Gasteiger charge is 2.28. The van der Waals surface area contributed by atoms with Gasteiger partial charge in [-0.25, -0.2) is 0 Å². The monoisotopic (exact) mass is 393 g/mol. The Morgan fingerprint density at radius 3 is 2.50 bits per heavy atom. The zero-order valence-electron chi connectivity index (χ0n) is 11.0. The maximum atomic E-state index is 3.69. The van der Waals surface area contributed by atoms with Crippen LogP contribution in [0.2, 0.25) is 0 Å². The second-order valence-electron chi connectivity index (χ2n) is 5.33. The van der Waals surface area contributed by atoms with Crippen molar-refractivity contribution in [2.45, 2.75) is 45.6 Å². The van der Waals surface area contributed by atoms with Crippen molar-refractivity contribution in [3.63, 3.8) is 0 Å². The molecule has 4 heteroatoms. The summed E-state index contributed by atoms with van der Waals surface area (Å²) in [4.78, 5) is 1.47. The molecule has 1 N–H and O–H groups in total. The first kappa shape index (κ1) is 15.0. The van der Waals surface area contributed by atoms with Crippen LogP contribution >= 0.6 is 43.2 Å². The minimum absolute atomic E-state index is 0.537. The van der Waals surface area contributed by atoms with E-state index in [1.165, 1.54) is 38.8 Å². The number of rotatable bonds is 4. The molecule has 1 aromatic rings. The van der Waals surface area contributed by atoms with Crippen LogP contribution < -0.4 is 5.32 Å². The zero-order valence-corrected chi connectivity index (χ0v) is 15.0.